The van der Waals surface area contributed by atoms with Crippen molar-refractivity contribution in [2.45, 2.75) is 0 Å². The lowest BCUT2D eigenvalue weighted by atomic mass is 10.2. The third kappa shape index (κ3) is 2.82. The molecule has 0 unspecified atom stereocenters. The summed E-state index contributed by atoms with van der Waals surface area (Å²) in [4.78, 5) is 22.8. The first-order valence-corrected chi connectivity index (χ1v) is 5.92. The number of hydrogen-bond donors (Lipinski definition) is 2. The van der Waals surface area contributed by atoms with E-state index in [2.05, 4.69) is 21.2 Å². The van der Waals surface area contributed by atoms with Crippen LogP contribution in [0.4, 0.5) is 10.1 Å². The molecule has 1 aromatic heterocycles. The zero-order valence-electron chi connectivity index (χ0n) is 9.44. The van der Waals surface area contributed by atoms with Gasteiger partial charge in [-0.3, -0.25) is 9.59 Å². The van der Waals surface area contributed by atoms with Gasteiger partial charge in [-0.05, 0) is 40.2 Å². The molecule has 3 N–H and O–H groups in total. The maximum absolute atomic E-state index is 13.5. The van der Waals surface area contributed by atoms with Crippen molar-refractivity contribution in [3.8, 4) is 0 Å². The molecule has 2 amide bonds. The zero-order chi connectivity index (χ0) is 14.0. The number of rotatable bonds is 3. The van der Waals surface area contributed by atoms with Gasteiger partial charge in [-0.2, -0.15) is 0 Å². The van der Waals surface area contributed by atoms with E-state index in [0.717, 1.165) is 6.07 Å². The molecule has 2 rings (SSSR count). The van der Waals surface area contributed by atoms with Gasteiger partial charge in [0.1, 0.15) is 5.82 Å². The molecule has 98 valence electrons. The molecule has 0 fully saturated rings. The number of primary amides is 1. The molecule has 1 heterocycles. The van der Waals surface area contributed by atoms with E-state index in [1.165, 1.54) is 24.5 Å². The average Bonchev–Trinajstić information content (AvgIpc) is 2.78. The van der Waals surface area contributed by atoms with E-state index in [1.54, 1.807) is 0 Å². The van der Waals surface area contributed by atoms with Gasteiger partial charge in [-0.15, -0.1) is 0 Å². The second-order valence-corrected chi connectivity index (χ2v) is 4.34. The molecule has 0 bridgehead atoms. The lowest BCUT2D eigenvalue weighted by Crippen LogP contribution is -2.15. The topological polar surface area (TPSA) is 85.3 Å². The Labute approximate surface area is 115 Å². The first-order chi connectivity index (χ1) is 8.99. The highest BCUT2D eigenvalue weighted by Gasteiger charge is 2.15. The second kappa shape index (κ2) is 5.23. The summed E-state index contributed by atoms with van der Waals surface area (Å²) in [6, 6.07) is 4.89. The van der Waals surface area contributed by atoms with Gasteiger partial charge in [0.2, 0.25) is 5.91 Å². The van der Waals surface area contributed by atoms with Crippen molar-refractivity contribution < 1.29 is 18.4 Å². The summed E-state index contributed by atoms with van der Waals surface area (Å²) >= 11 is 3.04. The van der Waals surface area contributed by atoms with Crippen LogP contribution in [0.3, 0.4) is 0 Å². The van der Waals surface area contributed by atoms with Crippen LogP contribution < -0.4 is 11.1 Å². The van der Waals surface area contributed by atoms with Crippen LogP contribution in [-0.4, -0.2) is 11.8 Å². The summed E-state index contributed by atoms with van der Waals surface area (Å²) in [5, 5.41) is 2.34. The summed E-state index contributed by atoms with van der Waals surface area (Å²) in [6.45, 7) is 0. The number of carbonyl (C=O) groups excluding carboxylic acids is 2. The number of nitrogens with one attached hydrogen (secondary N) is 1. The molecule has 7 heteroatoms. The second-order valence-electron chi connectivity index (χ2n) is 3.62. The Hall–Kier alpha value is -2.15. The van der Waals surface area contributed by atoms with Gasteiger partial charge in [0, 0.05) is 5.56 Å². The van der Waals surface area contributed by atoms with Crippen LogP contribution in [0.2, 0.25) is 0 Å². The van der Waals surface area contributed by atoms with Crippen molar-refractivity contribution in [1.82, 2.24) is 0 Å². The Morgan fingerprint density at radius 1 is 1.32 bits per heavy atom. The summed E-state index contributed by atoms with van der Waals surface area (Å²) in [7, 11) is 0. The monoisotopic (exact) mass is 326 g/mol. The predicted molar refractivity (Wildman–Crippen MR) is 69.3 cm³/mol. The molecule has 19 heavy (non-hydrogen) atoms. The SMILES string of the molecule is NC(=O)c1ccc(F)c(NC(=O)c2ccoc2Br)c1. The maximum Gasteiger partial charge on any atom is 0.260 e. The van der Waals surface area contributed by atoms with E-state index in [9.17, 15) is 14.0 Å². The molecule has 0 aliphatic carbocycles. The lowest BCUT2D eigenvalue weighted by Gasteiger charge is -2.06. The van der Waals surface area contributed by atoms with Crippen molar-refractivity contribution in [1.29, 1.82) is 0 Å². The molecule has 1 aromatic carbocycles. The van der Waals surface area contributed by atoms with E-state index in [4.69, 9.17) is 10.2 Å². The van der Waals surface area contributed by atoms with Gasteiger partial charge in [0.05, 0.1) is 17.5 Å². The molecule has 0 radical (unpaired) electrons. The third-order valence-electron chi connectivity index (χ3n) is 2.36. The third-order valence-corrected chi connectivity index (χ3v) is 2.98. The summed E-state index contributed by atoms with van der Waals surface area (Å²) in [5.74, 6) is -1.95. The van der Waals surface area contributed by atoms with Crippen LogP contribution in [0.25, 0.3) is 0 Å². The number of anilines is 1. The number of furan rings is 1. The van der Waals surface area contributed by atoms with Gasteiger partial charge in [-0.1, -0.05) is 0 Å². The molecule has 0 spiro atoms. The molecule has 2 aromatic rings. The first kappa shape index (κ1) is 13.3. The van der Waals surface area contributed by atoms with Crippen LogP contribution in [0, 0.1) is 5.82 Å². The van der Waals surface area contributed by atoms with Crippen LogP contribution in [0.1, 0.15) is 20.7 Å². The van der Waals surface area contributed by atoms with E-state index >= 15 is 0 Å². The Kier molecular flexibility index (Phi) is 3.66. The summed E-state index contributed by atoms with van der Waals surface area (Å²) < 4.78 is 18.7. The zero-order valence-corrected chi connectivity index (χ0v) is 11.0. The lowest BCUT2D eigenvalue weighted by molar-refractivity contribution is 0.0995. The van der Waals surface area contributed by atoms with Gasteiger partial charge >= 0.3 is 0 Å². The van der Waals surface area contributed by atoms with E-state index < -0.39 is 17.6 Å². The average molecular weight is 327 g/mol. The van der Waals surface area contributed by atoms with Crippen molar-refractivity contribution >= 4 is 33.4 Å². The first-order valence-electron chi connectivity index (χ1n) is 5.12. The maximum atomic E-state index is 13.5. The summed E-state index contributed by atoms with van der Waals surface area (Å²) in [5.41, 5.74) is 5.27. The van der Waals surface area contributed by atoms with Crippen molar-refractivity contribution in [3.05, 3.63) is 52.1 Å². The normalized spacial score (nSPS) is 10.2. The minimum atomic E-state index is -0.708. The van der Waals surface area contributed by atoms with Crippen LogP contribution in [-0.2, 0) is 0 Å². The number of nitrogens with two attached hydrogens (primary N) is 1. The Morgan fingerprint density at radius 2 is 2.05 bits per heavy atom. The van der Waals surface area contributed by atoms with Crippen LogP contribution in [0.15, 0.2) is 39.6 Å². The quantitative estimate of drug-likeness (QED) is 0.908. The molecule has 0 saturated carbocycles. The minimum Gasteiger partial charge on any atom is -0.457 e. The number of benzene rings is 1. The Morgan fingerprint density at radius 3 is 2.63 bits per heavy atom. The highest BCUT2D eigenvalue weighted by Crippen LogP contribution is 2.21. The number of halogens is 2. The van der Waals surface area contributed by atoms with E-state index in [1.807, 2.05) is 0 Å². The molecule has 0 aliphatic heterocycles. The highest BCUT2D eigenvalue weighted by molar-refractivity contribution is 9.10. The fourth-order valence-corrected chi connectivity index (χ4v) is 1.84. The largest absolute Gasteiger partial charge is 0.457 e. The van der Waals surface area contributed by atoms with Gasteiger partial charge < -0.3 is 15.5 Å². The fourth-order valence-electron chi connectivity index (χ4n) is 1.42. The number of hydrogen-bond acceptors (Lipinski definition) is 3. The predicted octanol–water partition coefficient (Wildman–Crippen LogP) is 2.53. The molecule has 0 saturated heterocycles. The minimum absolute atomic E-state index is 0.1000. The van der Waals surface area contributed by atoms with Crippen LogP contribution >= 0.6 is 15.9 Å². The van der Waals surface area contributed by atoms with E-state index in [0.29, 0.717) is 0 Å². The molecular formula is C12H8BrFN2O3. The van der Waals surface area contributed by atoms with Crippen molar-refractivity contribution in [3.63, 3.8) is 0 Å². The number of amides is 2. The molecule has 5 nitrogen and oxygen atoms in total. The smallest absolute Gasteiger partial charge is 0.260 e. The van der Waals surface area contributed by atoms with Gasteiger partial charge in [0.25, 0.3) is 5.91 Å². The standard InChI is InChI=1S/C12H8BrFN2O3/c13-10-7(3-4-19-10)12(18)16-9-5-6(11(15)17)1-2-8(9)14/h1-5H,(H2,15,17)(H,16,18). The van der Waals surface area contributed by atoms with Gasteiger partial charge in [0.15, 0.2) is 4.67 Å². The highest BCUT2D eigenvalue weighted by atomic mass is 79.9. The Balaban J connectivity index is 2.28. The van der Waals surface area contributed by atoms with Crippen LogP contribution in [0.5, 0.6) is 0 Å². The summed E-state index contributed by atoms with van der Waals surface area (Å²) in [6.07, 6.45) is 1.31. The molecule has 0 atom stereocenters. The Bertz CT molecular complexity index is 654. The number of carbonyl (C=O) groups is 2. The van der Waals surface area contributed by atoms with Gasteiger partial charge in [-0.25, -0.2) is 4.39 Å². The fraction of sp³-hybridized carbons (Fsp3) is 0. The van der Waals surface area contributed by atoms with Crippen molar-refractivity contribution in [2.75, 3.05) is 5.32 Å². The van der Waals surface area contributed by atoms with Crippen molar-refractivity contribution in [2.24, 2.45) is 5.73 Å². The van der Waals surface area contributed by atoms with E-state index in [-0.39, 0.29) is 21.5 Å². The molecular weight excluding hydrogens is 319 g/mol. The molecule has 0 aliphatic rings.